The number of morpholine rings is 1. The van der Waals surface area contributed by atoms with E-state index in [2.05, 4.69) is 39.3 Å². The first kappa shape index (κ1) is 16.3. The summed E-state index contributed by atoms with van der Waals surface area (Å²) in [5, 5.41) is 1.20. The van der Waals surface area contributed by atoms with E-state index in [4.69, 9.17) is 9.47 Å². The average Bonchev–Trinajstić information content (AvgIpc) is 3.06. The standard InChI is InChI=1S/C20H23N3O2/c1-2-5-16(6-3-1)14-24-15-18-13-23(9-10-25-18)12-17-11-22-20-19(17)7-4-8-21-20/h1-8,11,18H,9-10,12-15H2,(H,21,22)/t18-/m1/s1. The number of fused-ring (bicyclic) bond motifs is 1. The molecule has 130 valence electrons. The molecule has 0 aliphatic carbocycles. The minimum absolute atomic E-state index is 0.126. The van der Waals surface area contributed by atoms with E-state index in [1.54, 1.807) is 0 Å². The summed E-state index contributed by atoms with van der Waals surface area (Å²) in [6.45, 7) is 4.75. The fourth-order valence-electron chi connectivity index (χ4n) is 3.29. The third-order valence-electron chi connectivity index (χ3n) is 4.57. The molecule has 0 bridgehead atoms. The van der Waals surface area contributed by atoms with Crippen LogP contribution in [0.15, 0.2) is 54.9 Å². The van der Waals surface area contributed by atoms with Gasteiger partial charge in [-0.1, -0.05) is 30.3 Å². The Labute approximate surface area is 147 Å². The molecule has 0 spiro atoms. The lowest BCUT2D eigenvalue weighted by Gasteiger charge is -2.32. The van der Waals surface area contributed by atoms with Crippen LogP contribution in [-0.4, -0.2) is 47.3 Å². The van der Waals surface area contributed by atoms with Gasteiger partial charge in [0.1, 0.15) is 5.65 Å². The van der Waals surface area contributed by atoms with Crippen LogP contribution >= 0.6 is 0 Å². The van der Waals surface area contributed by atoms with Crippen molar-refractivity contribution in [3.05, 3.63) is 66.0 Å². The highest BCUT2D eigenvalue weighted by atomic mass is 16.5. The predicted octanol–water partition coefficient (Wildman–Crippen LogP) is 2.98. The molecule has 3 aromatic rings. The van der Waals surface area contributed by atoms with Crippen LogP contribution < -0.4 is 0 Å². The van der Waals surface area contributed by atoms with Crippen LogP contribution in [0.3, 0.4) is 0 Å². The van der Waals surface area contributed by atoms with Crippen molar-refractivity contribution in [3.8, 4) is 0 Å². The smallest absolute Gasteiger partial charge is 0.137 e. The fraction of sp³-hybridized carbons (Fsp3) is 0.350. The first-order chi connectivity index (χ1) is 12.4. The third-order valence-corrected chi connectivity index (χ3v) is 4.57. The van der Waals surface area contributed by atoms with Gasteiger partial charge in [0, 0.05) is 37.4 Å². The summed E-state index contributed by atoms with van der Waals surface area (Å²) in [5.41, 5.74) is 3.43. The quantitative estimate of drug-likeness (QED) is 0.751. The second kappa shape index (κ2) is 7.78. The number of aromatic nitrogens is 2. The normalized spacial score (nSPS) is 18.6. The van der Waals surface area contributed by atoms with Gasteiger partial charge in [-0.15, -0.1) is 0 Å². The Morgan fingerprint density at radius 2 is 2.12 bits per heavy atom. The maximum Gasteiger partial charge on any atom is 0.137 e. The predicted molar refractivity (Wildman–Crippen MR) is 97.2 cm³/mol. The zero-order valence-electron chi connectivity index (χ0n) is 14.2. The molecule has 2 aromatic heterocycles. The van der Waals surface area contributed by atoms with E-state index < -0.39 is 0 Å². The van der Waals surface area contributed by atoms with Gasteiger partial charge in [-0.3, -0.25) is 4.90 Å². The third kappa shape index (κ3) is 4.07. The van der Waals surface area contributed by atoms with Crippen molar-refractivity contribution < 1.29 is 9.47 Å². The molecule has 0 amide bonds. The van der Waals surface area contributed by atoms with Gasteiger partial charge in [0.15, 0.2) is 0 Å². The van der Waals surface area contributed by atoms with Gasteiger partial charge in [-0.25, -0.2) is 4.98 Å². The van der Waals surface area contributed by atoms with Crippen molar-refractivity contribution in [2.24, 2.45) is 0 Å². The van der Waals surface area contributed by atoms with Crippen molar-refractivity contribution in [3.63, 3.8) is 0 Å². The lowest BCUT2D eigenvalue weighted by Crippen LogP contribution is -2.43. The number of nitrogens with zero attached hydrogens (tertiary/aromatic N) is 2. The Kier molecular flexibility index (Phi) is 5.06. The average molecular weight is 337 g/mol. The summed E-state index contributed by atoms with van der Waals surface area (Å²) < 4.78 is 11.7. The minimum Gasteiger partial charge on any atom is -0.374 e. The van der Waals surface area contributed by atoms with Crippen molar-refractivity contribution >= 4 is 11.0 Å². The second-order valence-electron chi connectivity index (χ2n) is 6.44. The van der Waals surface area contributed by atoms with Crippen molar-refractivity contribution in [1.29, 1.82) is 0 Å². The van der Waals surface area contributed by atoms with Gasteiger partial charge in [-0.05, 0) is 23.3 Å². The highest BCUT2D eigenvalue weighted by Crippen LogP contribution is 2.19. The number of ether oxygens (including phenoxy) is 2. The first-order valence-electron chi connectivity index (χ1n) is 8.75. The zero-order valence-corrected chi connectivity index (χ0v) is 14.2. The molecular formula is C20H23N3O2. The highest BCUT2D eigenvalue weighted by Gasteiger charge is 2.21. The lowest BCUT2D eigenvalue weighted by atomic mass is 10.2. The summed E-state index contributed by atoms with van der Waals surface area (Å²) >= 11 is 0. The number of pyridine rings is 1. The van der Waals surface area contributed by atoms with Crippen LogP contribution in [0, 0.1) is 0 Å². The van der Waals surface area contributed by atoms with Crippen LogP contribution in [-0.2, 0) is 22.6 Å². The molecule has 1 saturated heterocycles. The number of hydrogen-bond acceptors (Lipinski definition) is 4. The SMILES string of the molecule is c1ccc(COC[C@H]2CN(Cc3c[nH]c4ncccc34)CCO2)cc1. The summed E-state index contributed by atoms with van der Waals surface area (Å²) in [6, 6.07) is 14.4. The van der Waals surface area contributed by atoms with Crippen molar-refractivity contribution in [2.75, 3.05) is 26.3 Å². The maximum atomic E-state index is 5.87. The molecule has 5 heteroatoms. The van der Waals surface area contributed by atoms with E-state index in [1.807, 2.05) is 30.5 Å². The molecule has 5 nitrogen and oxygen atoms in total. The van der Waals surface area contributed by atoms with Crippen LogP contribution in [0.2, 0.25) is 0 Å². The van der Waals surface area contributed by atoms with Crippen LogP contribution in [0.25, 0.3) is 11.0 Å². The molecule has 1 fully saturated rings. The molecule has 1 N–H and O–H groups in total. The van der Waals surface area contributed by atoms with Crippen molar-refractivity contribution in [2.45, 2.75) is 19.3 Å². The maximum absolute atomic E-state index is 5.87. The first-order valence-corrected chi connectivity index (χ1v) is 8.75. The summed E-state index contributed by atoms with van der Waals surface area (Å²) in [4.78, 5) is 10.0. The van der Waals surface area contributed by atoms with Gasteiger partial charge >= 0.3 is 0 Å². The van der Waals surface area contributed by atoms with E-state index in [0.717, 1.165) is 31.9 Å². The Hall–Kier alpha value is -2.21. The number of benzene rings is 1. The van der Waals surface area contributed by atoms with Crippen LogP contribution in [0.1, 0.15) is 11.1 Å². The molecule has 0 unspecified atom stereocenters. The van der Waals surface area contributed by atoms with E-state index in [1.165, 1.54) is 16.5 Å². The van der Waals surface area contributed by atoms with E-state index in [-0.39, 0.29) is 6.10 Å². The van der Waals surface area contributed by atoms with Crippen LogP contribution in [0.4, 0.5) is 0 Å². The van der Waals surface area contributed by atoms with Crippen LogP contribution in [0.5, 0.6) is 0 Å². The van der Waals surface area contributed by atoms with E-state index in [9.17, 15) is 0 Å². The Morgan fingerprint density at radius 3 is 3.04 bits per heavy atom. The molecule has 1 atom stereocenters. The molecule has 0 radical (unpaired) electrons. The number of aromatic amines is 1. The van der Waals surface area contributed by atoms with Gasteiger partial charge in [0.25, 0.3) is 0 Å². The number of H-pyrrole nitrogens is 1. The van der Waals surface area contributed by atoms with Gasteiger partial charge in [0.2, 0.25) is 0 Å². The summed E-state index contributed by atoms with van der Waals surface area (Å²) in [5.74, 6) is 0. The largest absolute Gasteiger partial charge is 0.374 e. The minimum atomic E-state index is 0.126. The molecule has 0 saturated carbocycles. The Bertz CT molecular complexity index is 803. The molecule has 4 rings (SSSR count). The fourth-order valence-corrected chi connectivity index (χ4v) is 3.29. The topological polar surface area (TPSA) is 50.4 Å². The number of nitrogens with one attached hydrogen (secondary N) is 1. The molecular weight excluding hydrogens is 314 g/mol. The summed E-state index contributed by atoms with van der Waals surface area (Å²) in [6.07, 6.45) is 4.01. The Balaban J connectivity index is 1.30. The van der Waals surface area contributed by atoms with E-state index >= 15 is 0 Å². The van der Waals surface area contributed by atoms with Gasteiger partial charge in [-0.2, -0.15) is 0 Å². The lowest BCUT2D eigenvalue weighted by molar-refractivity contribution is -0.0740. The molecule has 1 aliphatic rings. The van der Waals surface area contributed by atoms with Crippen molar-refractivity contribution in [1.82, 2.24) is 14.9 Å². The number of hydrogen-bond donors (Lipinski definition) is 1. The summed E-state index contributed by atoms with van der Waals surface area (Å²) in [7, 11) is 0. The Morgan fingerprint density at radius 1 is 1.20 bits per heavy atom. The number of rotatable bonds is 6. The van der Waals surface area contributed by atoms with Gasteiger partial charge in [0.05, 0.1) is 25.9 Å². The molecule has 3 heterocycles. The molecule has 25 heavy (non-hydrogen) atoms. The van der Waals surface area contributed by atoms with Gasteiger partial charge < -0.3 is 14.5 Å². The zero-order chi connectivity index (χ0) is 16.9. The highest BCUT2D eigenvalue weighted by molar-refractivity contribution is 5.79. The van der Waals surface area contributed by atoms with E-state index in [0.29, 0.717) is 13.2 Å². The second-order valence-corrected chi connectivity index (χ2v) is 6.44. The monoisotopic (exact) mass is 337 g/mol. The molecule has 1 aromatic carbocycles. The molecule has 1 aliphatic heterocycles.